The molecule has 0 N–H and O–H groups in total. The van der Waals surface area contributed by atoms with Gasteiger partial charge in [0.05, 0.1) is 0 Å². The highest BCUT2D eigenvalue weighted by Crippen LogP contribution is 2.33. The average molecular weight is 320 g/mol. The van der Waals surface area contributed by atoms with Crippen molar-refractivity contribution in [3.63, 3.8) is 0 Å². The van der Waals surface area contributed by atoms with Gasteiger partial charge in [0, 0.05) is 13.8 Å². The van der Waals surface area contributed by atoms with Crippen LogP contribution in [0.3, 0.4) is 0 Å². The minimum Gasteiger partial charge on any atom is -0.423 e. The second-order valence-corrected chi connectivity index (χ2v) is 5.80. The number of benzene rings is 1. The number of hydrogen-bond acceptors (Lipinski definition) is 4. The van der Waals surface area contributed by atoms with E-state index in [4.69, 9.17) is 9.47 Å². The lowest BCUT2D eigenvalue weighted by atomic mass is 10.0. The summed E-state index contributed by atoms with van der Waals surface area (Å²) in [6, 6.07) is 5.39. The zero-order valence-corrected chi connectivity index (χ0v) is 14.5. The Morgan fingerprint density at radius 3 is 2.09 bits per heavy atom. The molecule has 128 valence electrons. The van der Waals surface area contributed by atoms with E-state index in [9.17, 15) is 9.59 Å². The van der Waals surface area contributed by atoms with Crippen molar-refractivity contribution in [2.45, 2.75) is 72.1 Å². The van der Waals surface area contributed by atoms with Gasteiger partial charge in [0.15, 0.2) is 11.5 Å². The van der Waals surface area contributed by atoms with Crippen molar-refractivity contribution >= 4 is 11.9 Å². The van der Waals surface area contributed by atoms with Crippen molar-refractivity contribution in [1.29, 1.82) is 0 Å². The monoisotopic (exact) mass is 320 g/mol. The zero-order valence-electron chi connectivity index (χ0n) is 14.5. The summed E-state index contributed by atoms with van der Waals surface area (Å²) in [6.45, 7) is 4.90. The molecule has 4 heteroatoms. The van der Waals surface area contributed by atoms with E-state index in [0.717, 1.165) is 24.8 Å². The van der Waals surface area contributed by atoms with Gasteiger partial charge in [-0.15, -0.1) is 0 Å². The molecule has 0 radical (unpaired) electrons. The first-order valence-corrected chi connectivity index (χ1v) is 8.53. The van der Waals surface area contributed by atoms with Crippen LogP contribution in [0.15, 0.2) is 18.2 Å². The highest BCUT2D eigenvalue weighted by molar-refractivity contribution is 5.74. The lowest BCUT2D eigenvalue weighted by molar-refractivity contribution is -0.134. The average Bonchev–Trinajstić information content (AvgIpc) is 2.48. The molecule has 0 aliphatic rings. The van der Waals surface area contributed by atoms with E-state index in [1.54, 1.807) is 6.07 Å². The third-order valence-electron chi connectivity index (χ3n) is 3.61. The lowest BCUT2D eigenvalue weighted by Crippen LogP contribution is -2.09. The summed E-state index contributed by atoms with van der Waals surface area (Å²) in [5.41, 5.74) is 0.910. The summed E-state index contributed by atoms with van der Waals surface area (Å²) in [7, 11) is 0. The van der Waals surface area contributed by atoms with Crippen molar-refractivity contribution in [3.8, 4) is 11.5 Å². The number of carbonyl (C=O) groups is 2. The summed E-state index contributed by atoms with van der Waals surface area (Å²) in [5.74, 6) is -0.147. The molecule has 0 saturated heterocycles. The fraction of sp³-hybridized carbons (Fsp3) is 0.579. The van der Waals surface area contributed by atoms with E-state index in [1.807, 2.05) is 12.1 Å². The molecule has 23 heavy (non-hydrogen) atoms. The largest absolute Gasteiger partial charge is 0.423 e. The molecule has 0 aromatic heterocycles. The highest BCUT2D eigenvalue weighted by Gasteiger charge is 2.14. The Hall–Kier alpha value is -1.84. The molecule has 0 heterocycles. The van der Waals surface area contributed by atoms with Crippen LogP contribution in [0.5, 0.6) is 11.5 Å². The number of unbranched alkanes of at least 4 members (excludes halogenated alkanes) is 6. The zero-order chi connectivity index (χ0) is 17.1. The van der Waals surface area contributed by atoms with Crippen LogP contribution in [-0.2, 0) is 16.0 Å². The quantitative estimate of drug-likeness (QED) is 0.352. The predicted molar refractivity (Wildman–Crippen MR) is 90.8 cm³/mol. The Kier molecular flexibility index (Phi) is 9.03. The molecule has 0 unspecified atom stereocenters. The van der Waals surface area contributed by atoms with Crippen LogP contribution in [0, 0.1) is 0 Å². The summed E-state index contributed by atoms with van der Waals surface area (Å²) in [6.07, 6.45) is 9.37. The van der Waals surface area contributed by atoms with Crippen LogP contribution in [0.4, 0.5) is 0 Å². The van der Waals surface area contributed by atoms with Crippen LogP contribution in [0.25, 0.3) is 0 Å². The maximum atomic E-state index is 11.3. The smallest absolute Gasteiger partial charge is 0.308 e. The Bertz CT molecular complexity index is 508. The Morgan fingerprint density at radius 2 is 1.48 bits per heavy atom. The molecule has 0 fully saturated rings. The Labute approximate surface area is 139 Å². The van der Waals surface area contributed by atoms with Gasteiger partial charge >= 0.3 is 11.9 Å². The Morgan fingerprint density at radius 1 is 0.870 bits per heavy atom. The summed E-state index contributed by atoms with van der Waals surface area (Å²) >= 11 is 0. The van der Waals surface area contributed by atoms with Gasteiger partial charge in [-0.05, 0) is 24.5 Å². The number of hydrogen-bond donors (Lipinski definition) is 0. The normalized spacial score (nSPS) is 10.4. The highest BCUT2D eigenvalue weighted by atomic mass is 16.6. The summed E-state index contributed by atoms with van der Waals surface area (Å²) in [4.78, 5) is 22.5. The van der Waals surface area contributed by atoms with Crippen LogP contribution in [0.1, 0.15) is 71.3 Å². The first kappa shape index (κ1) is 19.2. The van der Waals surface area contributed by atoms with Crippen LogP contribution >= 0.6 is 0 Å². The van der Waals surface area contributed by atoms with E-state index in [0.29, 0.717) is 11.5 Å². The molecule has 1 aromatic rings. The molecule has 0 spiro atoms. The molecule has 1 rings (SSSR count). The maximum Gasteiger partial charge on any atom is 0.308 e. The molecule has 1 aromatic carbocycles. The number of aryl methyl sites for hydroxylation is 1. The standard InChI is InChI=1S/C19H28O4/c1-4-5-6-7-8-9-10-12-17-13-11-14-18(22-15(2)20)19(17)23-16(3)21/h11,13-14H,4-10,12H2,1-3H3. The number of ether oxygens (including phenoxy) is 2. The maximum absolute atomic E-state index is 11.3. The second kappa shape index (κ2) is 10.8. The van der Waals surface area contributed by atoms with Gasteiger partial charge in [-0.1, -0.05) is 57.6 Å². The molecule has 0 atom stereocenters. The fourth-order valence-electron chi connectivity index (χ4n) is 2.53. The van der Waals surface area contributed by atoms with E-state index >= 15 is 0 Å². The van der Waals surface area contributed by atoms with Crippen LogP contribution in [0.2, 0.25) is 0 Å². The van der Waals surface area contributed by atoms with Crippen molar-refractivity contribution in [3.05, 3.63) is 23.8 Å². The first-order chi connectivity index (χ1) is 11.0. The van der Waals surface area contributed by atoms with Gasteiger partial charge in [-0.2, -0.15) is 0 Å². The number of para-hydroxylation sites is 1. The third-order valence-corrected chi connectivity index (χ3v) is 3.61. The SMILES string of the molecule is CCCCCCCCCc1cccc(OC(C)=O)c1OC(C)=O. The molecule has 4 nitrogen and oxygen atoms in total. The molecule has 0 bridgehead atoms. The van der Waals surface area contributed by atoms with Crippen molar-refractivity contribution in [2.24, 2.45) is 0 Å². The minimum atomic E-state index is -0.425. The summed E-state index contributed by atoms with van der Waals surface area (Å²) < 4.78 is 10.4. The predicted octanol–water partition coefficient (Wildman–Crippen LogP) is 4.83. The Balaban J connectivity index is 2.62. The first-order valence-electron chi connectivity index (χ1n) is 8.53. The van der Waals surface area contributed by atoms with E-state index in [1.165, 1.54) is 46.0 Å². The van der Waals surface area contributed by atoms with Crippen LogP contribution < -0.4 is 9.47 Å². The topological polar surface area (TPSA) is 52.6 Å². The lowest BCUT2D eigenvalue weighted by Gasteiger charge is -2.13. The molecule has 0 amide bonds. The van der Waals surface area contributed by atoms with Gasteiger partial charge < -0.3 is 9.47 Å². The van der Waals surface area contributed by atoms with Gasteiger partial charge in [0.2, 0.25) is 0 Å². The molecule has 0 aliphatic heterocycles. The number of esters is 2. The molecule has 0 aliphatic carbocycles. The minimum absolute atomic E-state index is 0.313. The number of rotatable bonds is 10. The van der Waals surface area contributed by atoms with E-state index < -0.39 is 11.9 Å². The van der Waals surface area contributed by atoms with Crippen molar-refractivity contribution in [2.75, 3.05) is 0 Å². The molecule has 0 saturated carbocycles. The van der Waals surface area contributed by atoms with Crippen molar-refractivity contribution < 1.29 is 19.1 Å². The van der Waals surface area contributed by atoms with Crippen molar-refractivity contribution in [1.82, 2.24) is 0 Å². The summed E-state index contributed by atoms with van der Waals surface area (Å²) in [5, 5.41) is 0. The third kappa shape index (κ3) is 7.82. The molecular weight excluding hydrogens is 292 g/mol. The van der Waals surface area contributed by atoms with Crippen LogP contribution in [-0.4, -0.2) is 11.9 Å². The van der Waals surface area contributed by atoms with Gasteiger partial charge in [-0.25, -0.2) is 0 Å². The van der Waals surface area contributed by atoms with Gasteiger partial charge in [0.1, 0.15) is 0 Å². The van der Waals surface area contributed by atoms with Gasteiger partial charge in [-0.3, -0.25) is 9.59 Å². The molecular formula is C19H28O4. The second-order valence-electron chi connectivity index (χ2n) is 5.80. The number of carbonyl (C=O) groups excluding carboxylic acids is 2. The van der Waals surface area contributed by atoms with E-state index in [-0.39, 0.29) is 0 Å². The van der Waals surface area contributed by atoms with Gasteiger partial charge in [0.25, 0.3) is 0 Å². The van der Waals surface area contributed by atoms with E-state index in [2.05, 4.69) is 6.92 Å². The fourth-order valence-corrected chi connectivity index (χ4v) is 2.53.